The number of Topliss-reactive ketones (excluding diaryl/α,β-unsaturated/α-hetero) is 1. The number of ketones is 1. The fourth-order valence-electron chi connectivity index (χ4n) is 1.31. The maximum Gasteiger partial charge on any atom is 0.405 e. The minimum atomic E-state index is -1.22. The van der Waals surface area contributed by atoms with Crippen LogP contribution in [-0.2, 0) is 11.2 Å². The second-order valence-corrected chi connectivity index (χ2v) is 3.48. The molecule has 0 saturated heterocycles. The molecule has 0 fully saturated rings. The standard InChI is InChI=1S/C11H13NO4/c1-7(13)10(12-11(15)16)6-8-2-4-9(14)5-3-8/h2-5,10,12,14H,6H2,1H3,(H,15,16). The van der Waals surface area contributed by atoms with Crippen LogP contribution < -0.4 is 5.32 Å². The van der Waals surface area contributed by atoms with Gasteiger partial charge in [-0.3, -0.25) is 4.79 Å². The van der Waals surface area contributed by atoms with E-state index in [1.54, 1.807) is 12.1 Å². The first-order valence-corrected chi connectivity index (χ1v) is 4.77. The van der Waals surface area contributed by atoms with Crippen LogP contribution in [0.25, 0.3) is 0 Å². The number of benzene rings is 1. The highest BCUT2D eigenvalue weighted by atomic mass is 16.4. The van der Waals surface area contributed by atoms with E-state index in [1.807, 2.05) is 0 Å². The summed E-state index contributed by atoms with van der Waals surface area (Å²) in [6, 6.07) is 5.53. The summed E-state index contributed by atoms with van der Waals surface area (Å²) in [7, 11) is 0. The monoisotopic (exact) mass is 223 g/mol. The average Bonchev–Trinajstić information content (AvgIpc) is 2.19. The second kappa shape index (κ2) is 5.16. The van der Waals surface area contributed by atoms with Gasteiger partial charge in [0.05, 0.1) is 6.04 Å². The molecule has 0 radical (unpaired) electrons. The quantitative estimate of drug-likeness (QED) is 0.714. The summed E-state index contributed by atoms with van der Waals surface area (Å²) in [6.07, 6.45) is -0.943. The molecule has 0 heterocycles. The number of rotatable bonds is 4. The van der Waals surface area contributed by atoms with Crippen molar-refractivity contribution in [3.05, 3.63) is 29.8 Å². The minimum absolute atomic E-state index is 0.134. The zero-order valence-corrected chi connectivity index (χ0v) is 8.80. The normalized spacial score (nSPS) is 11.8. The molecule has 0 spiro atoms. The number of carboxylic acid groups (broad SMARTS) is 1. The van der Waals surface area contributed by atoms with Gasteiger partial charge in [0.25, 0.3) is 0 Å². The lowest BCUT2D eigenvalue weighted by Crippen LogP contribution is -2.40. The first kappa shape index (κ1) is 12.0. The largest absolute Gasteiger partial charge is 0.508 e. The fourth-order valence-corrected chi connectivity index (χ4v) is 1.31. The van der Waals surface area contributed by atoms with Crippen LogP contribution in [0, 0.1) is 0 Å². The molecule has 0 aliphatic rings. The third-order valence-electron chi connectivity index (χ3n) is 2.16. The smallest absolute Gasteiger partial charge is 0.405 e. The highest BCUT2D eigenvalue weighted by Gasteiger charge is 2.16. The lowest BCUT2D eigenvalue weighted by atomic mass is 10.0. The van der Waals surface area contributed by atoms with Gasteiger partial charge < -0.3 is 15.5 Å². The van der Waals surface area contributed by atoms with Crippen molar-refractivity contribution >= 4 is 11.9 Å². The first-order valence-electron chi connectivity index (χ1n) is 4.77. The van der Waals surface area contributed by atoms with Gasteiger partial charge in [-0.15, -0.1) is 0 Å². The Morgan fingerprint density at radius 1 is 1.31 bits per heavy atom. The van der Waals surface area contributed by atoms with Gasteiger partial charge in [-0.2, -0.15) is 0 Å². The predicted molar refractivity (Wildman–Crippen MR) is 57.4 cm³/mol. The van der Waals surface area contributed by atoms with Crippen molar-refractivity contribution in [3.63, 3.8) is 0 Å². The third-order valence-corrected chi connectivity index (χ3v) is 2.16. The average molecular weight is 223 g/mol. The number of hydrogen-bond acceptors (Lipinski definition) is 3. The molecular weight excluding hydrogens is 210 g/mol. The molecule has 1 aromatic rings. The fraction of sp³-hybridized carbons (Fsp3) is 0.273. The Morgan fingerprint density at radius 2 is 1.88 bits per heavy atom. The number of phenolic OH excluding ortho intramolecular Hbond substituents is 1. The summed E-state index contributed by atoms with van der Waals surface area (Å²) < 4.78 is 0. The van der Waals surface area contributed by atoms with Crippen molar-refractivity contribution in [2.75, 3.05) is 0 Å². The number of phenols is 1. The number of hydrogen-bond donors (Lipinski definition) is 3. The molecule has 1 rings (SSSR count). The van der Waals surface area contributed by atoms with Gasteiger partial charge in [-0.25, -0.2) is 4.79 Å². The Kier molecular flexibility index (Phi) is 3.88. The zero-order chi connectivity index (χ0) is 12.1. The lowest BCUT2D eigenvalue weighted by molar-refractivity contribution is -0.118. The van der Waals surface area contributed by atoms with Gasteiger partial charge in [0.2, 0.25) is 0 Å². The predicted octanol–water partition coefficient (Wildman–Crippen LogP) is 1.16. The summed E-state index contributed by atoms with van der Waals surface area (Å²) in [5.74, 6) is -0.107. The molecule has 0 aliphatic carbocycles. The van der Waals surface area contributed by atoms with Gasteiger partial charge in [0.1, 0.15) is 5.75 Å². The molecule has 16 heavy (non-hydrogen) atoms. The molecule has 3 N–H and O–H groups in total. The highest BCUT2D eigenvalue weighted by Crippen LogP contribution is 2.11. The molecule has 86 valence electrons. The summed E-state index contributed by atoms with van der Waals surface area (Å²) >= 11 is 0. The van der Waals surface area contributed by atoms with Crippen LogP contribution >= 0.6 is 0 Å². The Hall–Kier alpha value is -2.04. The van der Waals surface area contributed by atoms with Gasteiger partial charge >= 0.3 is 6.09 Å². The molecule has 1 unspecified atom stereocenters. The minimum Gasteiger partial charge on any atom is -0.508 e. The van der Waals surface area contributed by atoms with Gasteiger partial charge in [-0.05, 0) is 31.0 Å². The van der Waals surface area contributed by atoms with Crippen molar-refractivity contribution in [1.29, 1.82) is 0 Å². The van der Waals surface area contributed by atoms with E-state index in [-0.39, 0.29) is 18.0 Å². The van der Waals surface area contributed by atoms with E-state index in [2.05, 4.69) is 5.32 Å². The molecule has 0 aliphatic heterocycles. The number of nitrogens with one attached hydrogen (secondary N) is 1. The number of carbonyl (C=O) groups excluding carboxylic acids is 1. The van der Waals surface area contributed by atoms with Crippen LogP contribution in [0.4, 0.5) is 4.79 Å². The van der Waals surface area contributed by atoms with Gasteiger partial charge in [-0.1, -0.05) is 12.1 Å². The van der Waals surface area contributed by atoms with Crippen molar-refractivity contribution in [2.24, 2.45) is 0 Å². The van der Waals surface area contributed by atoms with E-state index in [4.69, 9.17) is 10.2 Å². The molecular formula is C11H13NO4. The molecule has 5 heteroatoms. The highest BCUT2D eigenvalue weighted by molar-refractivity contribution is 5.85. The van der Waals surface area contributed by atoms with Crippen molar-refractivity contribution in [1.82, 2.24) is 5.32 Å². The van der Waals surface area contributed by atoms with E-state index >= 15 is 0 Å². The summed E-state index contributed by atoms with van der Waals surface area (Å²) in [6.45, 7) is 1.33. The Bertz CT molecular complexity index is 385. The molecule has 1 amide bonds. The SMILES string of the molecule is CC(=O)C(Cc1ccc(O)cc1)NC(=O)O. The first-order chi connectivity index (χ1) is 7.49. The summed E-state index contributed by atoms with van der Waals surface area (Å²) in [5, 5.41) is 19.8. The van der Waals surface area contributed by atoms with Crippen LogP contribution in [0.1, 0.15) is 12.5 Å². The number of amides is 1. The molecule has 5 nitrogen and oxygen atoms in total. The molecule has 1 atom stereocenters. The van der Waals surface area contributed by atoms with Crippen LogP contribution in [0.5, 0.6) is 5.75 Å². The topological polar surface area (TPSA) is 86.6 Å². The molecule has 0 aromatic heterocycles. The summed E-state index contributed by atoms with van der Waals surface area (Å²) in [5.41, 5.74) is 0.784. The summed E-state index contributed by atoms with van der Waals surface area (Å²) in [4.78, 5) is 21.6. The van der Waals surface area contributed by atoms with Crippen LogP contribution in [0.15, 0.2) is 24.3 Å². The Balaban J connectivity index is 2.71. The van der Waals surface area contributed by atoms with Crippen LogP contribution in [-0.4, -0.2) is 28.1 Å². The zero-order valence-electron chi connectivity index (χ0n) is 8.80. The van der Waals surface area contributed by atoms with E-state index < -0.39 is 12.1 Å². The van der Waals surface area contributed by atoms with Gasteiger partial charge in [0, 0.05) is 0 Å². The Labute approximate surface area is 92.7 Å². The third kappa shape index (κ3) is 3.61. The van der Waals surface area contributed by atoms with E-state index in [1.165, 1.54) is 19.1 Å². The van der Waals surface area contributed by atoms with Crippen LogP contribution in [0.2, 0.25) is 0 Å². The van der Waals surface area contributed by atoms with Crippen LogP contribution in [0.3, 0.4) is 0 Å². The maximum absolute atomic E-state index is 11.2. The van der Waals surface area contributed by atoms with Crippen molar-refractivity contribution in [3.8, 4) is 5.75 Å². The maximum atomic E-state index is 11.2. The molecule has 1 aromatic carbocycles. The lowest BCUT2D eigenvalue weighted by Gasteiger charge is -2.13. The molecule has 0 saturated carbocycles. The van der Waals surface area contributed by atoms with E-state index in [0.717, 1.165) is 5.56 Å². The van der Waals surface area contributed by atoms with Crippen molar-refractivity contribution < 1.29 is 19.8 Å². The number of aromatic hydroxyl groups is 1. The van der Waals surface area contributed by atoms with Crippen molar-refractivity contribution in [2.45, 2.75) is 19.4 Å². The second-order valence-electron chi connectivity index (χ2n) is 3.48. The van der Waals surface area contributed by atoms with E-state index in [9.17, 15) is 9.59 Å². The van der Waals surface area contributed by atoms with E-state index in [0.29, 0.717) is 0 Å². The number of carbonyl (C=O) groups is 2. The van der Waals surface area contributed by atoms with Gasteiger partial charge in [0.15, 0.2) is 5.78 Å². The Morgan fingerprint density at radius 3 is 2.31 bits per heavy atom. The molecule has 0 bridgehead atoms.